The van der Waals surface area contributed by atoms with Crippen LogP contribution in [-0.4, -0.2) is 28.0 Å². The number of nitrogens with one attached hydrogen (secondary N) is 1. The maximum Gasteiger partial charge on any atom is 0.266 e. The first-order valence-corrected chi connectivity index (χ1v) is 8.98. The SMILES string of the molecule is C=CCSc1nnc(NC(=O)[C@H](C)Oc2ccc(Cl)c(C)c2)s1. The zero-order chi connectivity index (χ0) is 16.8. The summed E-state index contributed by atoms with van der Waals surface area (Å²) in [5, 5.41) is 11.7. The first-order chi connectivity index (χ1) is 11.0. The van der Waals surface area contributed by atoms with Crippen molar-refractivity contribution < 1.29 is 9.53 Å². The molecule has 0 unspecified atom stereocenters. The molecule has 122 valence electrons. The number of anilines is 1. The minimum atomic E-state index is -0.663. The summed E-state index contributed by atoms with van der Waals surface area (Å²) >= 11 is 8.80. The molecule has 1 heterocycles. The predicted octanol–water partition coefficient (Wildman–Crippen LogP) is 4.18. The maximum absolute atomic E-state index is 12.1. The van der Waals surface area contributed by atoms with Crippen LogP contribution in [-0.2, 0) is 4.79 Å². The fourth-order valence-corrected chi connectivity index (χ4v) is 3.24. The highest BCUT2D eigenvalue weighted by molar-refractivity contribution is 8.01. The van der Waals surface area contributed by atoms with Crippen LogP contribution in [0, 0.1) is 6.92 Å². The summed E-state index contributed by atoms with van der Waals surface area (Å²) in [5.41, 5.74) is 0.893. The van der Waals surface area contributed by atoms with E-state index in [4.69, 9.17) is 16.3 Å². The number of ether oxygens (including phenoxy) is 1. The fourth-order valence-electron chi connectivity index (χ4n) is 1.60. The van der Waals surface area contributed by atoms with E-state index < -0.39 is 6.10 Å². The molecular formula is C15H16ClN3O2S2. The van der Waals surface area contributed by atoms with Crippen molar-refractivity contribution in [2.45, 2.75) is 24.3 Å². The van der Waals surface area contributed by atoms with Gasteiger partial charge in [-0.1, -0.05) is 40.8 Å². The van der Waals surface area contributed by atoms with Crippen molar-refractivity contribution in [2.24, 2.45) is 0 Å². The Hall–Kier alpha value is -1.57. The van der Waals surface area contributed by atoms with Crippen LogP contribution in [0.5, 0.6) is 5.75 Å². The van der Waals surface area contributed by atoms with Crippen LogP contribution >= 0.6 is 34.7 Å². The molecule has 1 atom stereocenters. The number of aromatic nitrogens is 2. The molecular weight excluding hydrogens is 354 g/mol. The molecule has 0 bridgehead atoms. The number of amides is 1. The number of aryl methyl sites for hydroxylation is 1. The molecule has 0 saturated heterocycles. The van der Waals surface area contributed by atoms with Gasteiger partial charge in [-0.05, 0) is 37.6 Å². The Labute approximate surface area is 148 Å². The van der Waals surface area contributed by atoms with Crippen molar-refractivity contribution in [3.8, 4) is 5.75 Å². The van der Waals surface area contributed by atoms with E-state index in [1.165, 1.54) is 23.1 Å². The number of rotatable bonds is 7. The van der Waals surface area contributed by atoms with Crippen molar-refractivity contribution in [1.82, 2.24) is 10.2 Å². The molecule has 1 N–H and O–H groups in total. The Kier molecular flexibility index (Phi) is 6.44. The lowest BCUT2D eigenvalue weighted by molar-refractivity contribution is -0.122. The molecule has 2 rings (SSSR count). The van der Waals surface area contributed by atoms with Gasteiger partial charge >= 0.3 is 0 Å². The topological polar surface area (TPSA) is 64.1 Å². The van der Waals surface area contributed by atoms with Crippen LogP contribution in [0.3, 0.4) is 0 Å². The first kappa shape index (κ1) is 17.8. The summed E-state index contributed by atoms with van der Waals surface area (Å²) in [6.07, 6.45) is 1.12. The zero-order valence-electron chi connectivity index (χ0n) is 12.7. The lowest BCUT2D eigenvalue weighted by atomic mass is 10.2. The Balaban J connectivity index is 1.92. The minimum absolute atomic E-state index is 0.283. The van der Waals surface area contributed by atoms with Crippen molar-refractivity contribution in [2.75, 3.05) is 11.1 Å². The molecule has 23 heavy (non-hydrogen) atoms. The number of thioether (sulfide) groups is 1. The molecule has 0 aliphatic heterocycles. The summed E-state index contributed by atoms with van der Waals surface area (Å²) in [7, 11) is 0. The molecule has 1 amide bonds. The van der Waals surface area contributed by atoms with E-state index >= 15 is 0 Å². The summed E-state index contributed by atoms with van der Waals surface area (Å²) in [6, 6.07) is 5.26. The van der Waals surface area contributed by atoms with Crippen LogP contribution in [0.25, 0.3) is 0 Å². The molecule has 8 heteroatoms. The molecule has 0 aliphatic rings. The van der Waals surface area contributed by atoms with E-state index in [9.17, 15) is 4.79 Å². The Morgan fingerprint density at radius 2 is 2.35 bits per heavy atom. The molecule has 0 fully saturated rings. The first-order valence-electron chi connectivity index (χ1n) is 6.80. The molecule has 1 aromatic heterocycles. The van der Waals surface area contributed by atoms with Gasteiger partial charge in [0.15, 0.2) is 10.4 Å². The van der Waals surface area contributed by atoms with Crippen LogP contribution in [0.4, 0.5) is 5.13 Å². The van der Waals surface area contributed by atoms with E-state index in [-0.39, 0.29) is 5.91 Å². The third-order valence-electron chi connectivity index (χ3n) is 2.77. The molecule has 5 nitrogen and oxygen atoms in total. The van der Waals surface area contributed by atoms with Gasteiger partial charge in [0.1, 0.15) is 5.75 Å². The third kappa shape index (κ3) is 5.23. The second-order valence-corrected chi connectivity index (χ2v) is 7.28. The van der Waals surface area contributed by atoms with E-state index in [0.717, 1.165) is 15.7 Å². The summed E-state index contributed by atoms with van der Waals surface area (Å²) in [4.78, 5) is 12.1. The maximum atomic E-state index is 12.1. The van der Waals surface area contributed by atoms with E-state index in [2.05, 4.69) is 22.1 Å². The fraction of sp³-hybridized carbons (Fsp3) is 0.267. The Morgan fingerprint density at radius 3 is 3.04 bits per heavy atom. The van der Waals surface area contributed by atoms with Crippen molar-refractivity contribution in [3.05, 3.63) is 41.4 Å². The smallest absolute Gasteiger partial charge is 0.266 e. The van der Waals surface area contributed by atoms with Gasteiger partial charge in [0.25, 0.3) is 5.91 Å². The molecule has 2 aromatic rings. The highest BCUT2D eigenvalue weighted by Crippen LogP contribution is 2.26. The normalized spacial score (nSPS) is 11.8. The van der Waals surface area contributed by atoms with Gasteiger partial charge in [0.2, 0.25) is 5.13 Å². The second-order valence-electron chi connectivity index (χ2n) is 4.63. The molecule has 0 aliphatic carbocycles. The van der Waals surface area contributed by atoms with Crippen LogP contribution < -0.4 is 10.1 Å². The number of benzene rings is 1. The summed E-state index contributed by atoms with van der Waals surface area (Å²) < 4.78 is 6.40. The van der Waals surface area contributed by atoms with Crippen LogP contribution in [0.15, 0.2) is 35.2 Å². The van der Waals surface area contributed by atoms with Crippen LogP contribution in [0.2, 0.25) is 5.02 Å². The number of hydrogen-bond donors (Lipinski definition) is 1. The molecule has 0 saturated carbocycles. The average molecular weight is 370 g/mol. The lowest BCUT2D eigenvalue weighted by Gasteiger charge is -2.14. The van der Waals surface area contributed by atoms with Gasteiger partial charge in [-0.15, -0.1) is 16.8 Å². The van der Waals surface area contributed by atoms with Gasteiger partial charge in [0.05, 0.1) is 0 Å². The van der Waals surface area contributed by atoms with Gasteiger partial charge in [-0.25, -0.2) is 0 Å². The highest BCUT2D eigenvalue weighted by Gasteiger charge is 2.17. The third-order valence-corrected chi connectivity index (χ3v) is 5.16. The second kappa shape index (κ2) is 8.33. The van der Waals surface area contributed by atoms with Crippen LogP contribution in [0.1, 0.15) is 12.5 Å². The Bertz CT molecular complexity index is 706. The van der Waals surface area contributed by atoms with E-state index in [1.807, 2.05) is 6.92 Å². The van der Waals surface area contributed by atoms with Crippen molar-refractivity contribution in [1.29, 1.82) is 0 Å². The number of hydrogen-bond acceptors (Lipinski definition) is 6. The monoisotopic (exact) mass is 369 g/mol. The zero-order valence-corrected chi connectivity index (χ0v) is 15.1. The molecule has 0 radical (unpaired) electrons. The van der Waals surface area contributed by atoms with E-state index in [0.29, 0.717) is 15.9 Å². The van der Waals surface area contributed by atoms with Gasteiger partial charge in [0, 0.05) is 10.8 Å². The van der Waals surface area contributed by atoms with E-state index in [1.54, 1.807) is 31.2 Å². The Morgan fingerprint density at radius 1 is 1.57 bits per heavy atom. The number of nitrogens with zero attached hydrogens (tertiary/aromatic N) is 2. The summed E-state index contributed by atoms with van der Waals surface area (Å²) in [5.74, 6) is 1.06. The standard InChI is InChI=1S/C15H16ClN3O2S2/c1-4-7-22-15-19-18-14(23-15)17-13(20)10(3)21-11-5-6-12(16)9(2)8-11/h4-6,8,10H,1,7H2,2-3H3,(H,17,18,20)/t10-/m0/s1. The molecule has 0 spiro atoms. The number of carbonyl (C=O) groups excluding carboxylic acids is 1. The molecule has 1 aromatic carbocycles. The predicted molar refractivity (Wildman–Crippen MR) is 95.7 cm³/mol. The number of halogens is 1. The van der Waals surface area contributed by atoms with Crippen molar-refractivity contribution >= 4 is 45.7 Å². The quantitative estimate of drug-likeness (QED) is 0.450. The van der Waals surface area contributed by atoms with Crippen molar-refractivity contribution in [3.63, 3.8) is 0 Å². The minimum Gasteiger partial charge on any atom is -0.481 e. The largest absolute Gasteiger partial charge is 0.481 e. The average Bonchev–Trinajstić information content (AvgIpc) is 2.96. The summed E-state index contributed by atoms with van der Waals surface area (Å²) in [6.45, 7) is 7.20. The van der Waals surface area contributed by atoms with Gasteiger partial charge in [-0.3, -0.25) is 10.1 Å². The lowest BCUT2D eigenvalue weighted by Crippen LogP contribution is -2.30. The number of carbonyl (C=O) groups is 1. The van der Waals surface area contributed by atoms with Gasteiger partial charge < -0.3 is 4.74 Å². The highest BCUT2D eigenvalue weighted by atomic mass is 35.5. The van der Waals surface area contributed by atoms with Gasteiger partial charge in [-0.2, -0.15) is 0 Å².